The molecule has 29 heavy (non-hydrogen) atoms. The Morgan fingerprint density at radius 1 is 1.17 bits per heavy atom. The normalized spacial score (nSPS) is 16.2. The van der Waals surface area contributed by atoms with E-state index in [1.807, 2.05) is 0 Å². The molecule has 1 saturated carbocycles. The first-order valence-electron chi connectivity index (χ1n) is 9.01. The van der Waals surface area contributed by atoms with Crippen LogP contribution in [0.1, 0.15) is 48.2 Å². The molecule has 2 aromatic rings. The molecule has 0 radical (unpaired) electrons. The maximum atomic E-state index is 12.8. The number of sulfonamides is 1. The molecule has 0 unspecified atom stereocenters. The smallest absolute Gasteiger partial charge is 0.298 e. The van der Waals surface area contributed by atoms with E-state index in [9.17, 15) is 26.4 Å². The molecule has 1 aromatic heterocycles. The van der Waals surface area contributed by atoms with Crippen molar-refractivity contribution in [3.05, 3.63) is 40.9 Å². The molecule has 1 N–H and O–H groups in total. The van der Waals surface area contributed by atoms with Crippen LogP contribution < -0.4 is 5.32 Å². The minimum absolute atomic E-state index is 0.0375. The Balaban J connectivity index is 1.70. The van der Waals surface area contributed by atoms with Crippen LogP contribution in [0.5, 0.6) is 0 Å². The Morgan fingerprint density at radius 2 is 1.79 bits per heavy atom. The van der Waals surface area contributed by atoms with E-state index in [-0.39, 0.29) is 21.6 Å². The van der Waals surface area contributed by atoms with E-state index >= 15 is 0 Å². The first-order chi connectivity index (χ1) is 13.6. The summed E-state index contributed by atoms with van der Waals surface area (Å²) in [6, 6.07) is 5.27. The van der Waals surface area contributed by atoms with Crippen molar-refractivity contribution in [2.75, 3.05) is 12.4 Å². The highest BCUT2D eigenvalue weighted by molar-refractivity contribution is 7.89. The van der Waals surface area contributed by atoms with Gasteiger partial charge in [0, 0.05) is 24.0 Å². The summed E-state index contributed by atoms with van der Waals surface area (Å²) in [6.45, 7) is 0. The average molecular weight is 448 g/mol. The summed E-state index contributed by atoms with van der Waals surface area (Å²) in [5, 5.41) is 2.92. The number of rotatable bonds is 5. The van der Waals surface area contributed by atoms with Gasteiger partial charge in [0.25, 0.3) is 5.91 Å². The van der Waals surface area contributed by atoms with Crippen LogP contribution in [-0.4, -0.2) is 36.7 Å². The average Bonchev–Trinajstić information content (AvgIpc) is 3.17. The van der Waals surface area contributed by atoms with Crippen LogP contribution in [0.15, 0.2) is 34.5 Å². The lowest BCUT2D eigenvalue weighted by molar-refractivity contribution is -0.140. The molecule has 0 saturated heterocycles. The number of aromatic nitrogens is 1. The molecule has 1 amide bonds. The number of thiazole rings is 1. The van der Waals surface area contributed by atoms with Crippen LogP contribution in [0, 0.1) is 0 Å². The van der Waals surface area contributed by atoms with Crippen molar-refractivity contribution in [2.45, 2.75) is 49.2 Å². The zero-order chi connectivity index (χ0) is 21.2. The monoisotopic (exact) mass is 447 g/mol. The number of hydrogen-bond donors (Lipinski definition) is 1. The molecule has 1 fully saturated rings. The molecule has 0 bridgehead atoms. The van der Waals surface area contributed by atoms with Crippen molar-refractivity contribution in [2.24, 2.45) is 0 Å². The first-order valence-corrected chi connectivity index (χ1v) is 11.3. The minimum atomic E-state index is -4.58. The number of nitrogens with one attached hydrogen (secondary N) is 1. The molecule has 158 valence electrons. The van der Waals surface area contributed by atoms with Gasteiger partial charge in [0.1, 0.15) is 0 Å². The third-order valence-electron chi connectivity index (χ3n) is 4.90. The number of anilines is 1. The van der Waals surface area contributed by atoms with Crippen LogP contribution in [-0.2, 0) is 16.2 Å². The SMILES string of the molecule is CN(C1CCCCC1)S(=O)(=O)c1ccc(C(=O)Nc2nc(C(F)(F)F)cs2)cc1. The van der Waals surface area contributed by atoms with Gasteiger partial charge in [-0.1, -0.05) is 19.3 Å². The van der Waals surface area contributed by atoms with E-state index in [2.05, 4.69) is 10.3 Å². The zero-order valence-corrected chi connectivity index (χ0v) is 17.2. The summed E-state index contributed by atoms with van der Waals surface area (Å²) in [5.74, 6) is -0.669. The van der Waals surface area contributed by atoms with Crippen LogP contribution >= 0.6 is 11.3 Å². The maximum Gasteiger partial charge on any atom is 0.434 e. The molecule has 0 atom stereocenters. The first kappa shape index (κ1) is 21.7. The number of amides is 1. The van der Waals surface area contributed by atoms with Gasteiger partial charge in [-0.05, 0) is 37.1 Å². The Morgan fingerprint density at radius 3 is 2.34 bits per heavy atom. The minimum Gasteiger partial charge on any atom is -0.298 e. The molecule has 1 aliphatic carbocycles. The third kappa shape index (κ3) is 4.96. The van der Waals surface area contributed by atoms with Gasteiger partial charge in [0.05, 0.1) is 4.90 Å². The molecule has 1 heterocycles. The van der Waals surface area contributed by atoms with E-state index in [1.165, 1.54) is 28.6 Å². The highest BCUT2D eigenvalue weighted by Gasteiger charge is 2.34. The lowest BCUT2D eigenvalue weighted by atomic mass is 9.96. The van der Waals surface area contributed by atoms with E-state index in [1.54, 1.807) is 7.05 Å². The molecule has 1 aromatic carbocycles. The Kier molecular flexibility index (Phi) is 6.30. The van der Waals surface area contributed by atoms with Gasteiger partial charge < -0.3 is 0 Å². The largest absolute Gasteiger partial charge is 0.434 e. The molecule has 11 heteroatoms. The van der Waals surface area contributed by atoms with Gasteiger partial charge in [-0.15, -0.1) is 11.3 Å². The fraction of sp³-hybridized carbons (Fsp3) is 0.444. The zero-order valence-electron chi connectivity index (χ0n) is 15.6. The Labute approximate surface area is 170 Å². The maximum absolute atomic E-state index is 12.8. The van der Waals surface area contributed by atoms with Gasteiger partial charge in [-0.25, -0.2) is 13.4 Å². The van der Waals surface area contributed by atoms with Crippen molar-refractivity contribution in [3.8, 4) is 0 Å². The molecule has 1 aliphatic rings. The fourth-order valence-corrected chi connectivity index (χ4v) is 5.34. The number of halogens is 3. The van der Waals surface area contributed by atoms with Gasteiger partial charge in [-0.2, -0.15) is 17.5 Å². The topological polar surface area (TPSA) is 79.4 Å². The van der Waals surface area contributed by atoms with Crippen molar-refractivity contribution in [3.63, 3.8) is 0 Å². The highest BCUT2D eigenvalue weighted by atomic mass is 32.2. The van der Waals surface area contributed by atoms with E-state index in [0.29, 0.717) is 11.3 Å². The summed E-state index contributed by atoms with van der Waals surface area (Å²) >= 11 is 0.661. The van der Waals surface area contributed by atoms with E-state index < -0.39 is 27.8 Å². The molecule has 6 nitrogen and oxygen atoms in total. The summed E-state index contributed by atoms with van der Waals surface area (Å²) in [7, 11) is -2.12. The Hall–Kier alpha value is -1.98. The van der Waals surface area contributed by atoms with Crippen LogP contribution in [0.3, 0.4) is 0 Å². The standard InChI is InChI=1S/C18H20F3N3O3S2/c1-24(13-5-3-2-4-6-13)29(26,27)14-9-7-12(8-10-14)16(25)23-17-22-15(11-28-17)18(19,20)21/h7-11,13H,2-6H2,1H3,(H,22,23,25). The van der Waals surface area contributed by atoms with Crippen LogP contribution in [0.4, 0.5) is 18.3 Å². The van der Waals surface area contributed by atoms with Gasteiger partial charge in [0.15, 0.2) is 10.8 Å². The quantitative estimate of drug-likeness (QED) is 0.738. The van der Waals surface area contributed by atoms with Gasteiger partial charge >= 0.3 is 6.18 Å². The highest BCUT2D eigenvalue weighted by Crippen LogP contribution is 2.32. The van der Waals surface area contributed by atoms with E-state index in [0.717, 1.165) is 37.5 Å². The van der Waals surface area contributed by atoms with Crippen molar-refractivity contribution >= 4 is 32.4 Å². The van der Waals surface area contributed by atoms with Crippen LogP contribution in [0.2, 0.25) is 0 Å². The van der Waals surface area contributed by atoms with Crippen LogP contribution in [0.25, 0.3) is 0 Å². The number of benzene rings is 1. The Bertz CT molecular complexity index is 966. The molecule has 0 spiro atoms. The van der Waals surface area contributed by atoms with Gasteiger partial charge in [0.2, 0.25) is 10.0 Å². The van der Waals surface area contributed by atoms with Crippen molar-refractivity contribution in [1.82, 2.24) is 9.29 Å². The lowest BCUT2D eigenvalue weighted by Gasteiger charge is -2.30. The summed E-state index contributed by atoms with van der Waals surface area (Å²) in [6.07, 6.45) is 0.165. The summed E-state index contributed by atoms with van der Waals surface area (Å²) in [4.78, 5) is 15.6. The molecule has 3 rings (SSSR count). The molecule has 0 aliphatic heterocycles. The van der Waals surface area contributed by atoms with Gasteiger partial charge in [-0.3, -0.25) is 10.1 Å². The number of hydrogen-bond acceptors (Lipinski definition) is 5. The molecular formula is C18H20F3N3O3S2. The van der Waals surface area contributed by atoms with Crippen molar-refractivity contribution < 1.29 is 26.4 Å². The number of nitrogens with zero attached hydrogens (tertiary/aromatic N) is 2. The van der Waals surface area contributed by atoms with E-state index in [4.69, 9.17) is 0 Å². The number of alkyl halides is 3. The lowest BCUT2D eigenvalue weighted by Crippen LogP contribution is -2.38. The summed E-state index contributed by atoms with van der Waals surface area (Å²) in [5.41, 5.74) is -0.960. The second-order valence-corrected chi connectivity index (χ2v) is 9.68. The summed E-state index contributed by atoms with van der Waals surface area (Å²) < 4.78 is 64.8. The number of carbonyl (C=O) groups excluding carboxylic acids is 1. The fourth-order valence-electron chi connectivity index (χ4n) is 3.22. The van der Waals surface area contributed by atoms with Crippen molar-refractivity contribution in [1.29, 1.82) is 0 Å². The second-order valence-electron chi connectivity index (χ2n) is 6.83. The predicted molar refractivity (Wildman–Crippen MR) is 103 cm³/mol. The predicted octanol–water partition coefficient (Wildman–Crippen LogP) is 4.37. The second kappa shape index (κ2) is 8.41. The third-order valence-corrected chi connectivity index (χ3v) is 7.58. The molecular weight excluding hydrogens is 427 g/mol. The number of carbonyl (C=O) groups is 1.